The minimum Gasteiger partial charge on any atom is -0.352 e. The number of hydrogen-bond acceptors (Lipinski definition) is 6. The molecule has 2 aromatic heterocycles. The van der Waals surface area contributed by atoms with Gasteiger partial charge in [0.2, 0.25) is 16.0 Å². The van der Waals surface area contributed by atoms with E-state index in [0.717, 1.165) is 67.0 Å². The van der Waals surface area contributed by atoms with Gasteiger partial charge in [0.05, 0.1) is 11.6 Å². The molecule has 3 aromatic rings. The van der Waals surface area contributed by atoms with Crippen LogP contribution in [-0.2, 0) is 24.2 Å². The lowest BCUT2D eigenvalue weighted by Crippen LogP contribution is -2.43. The summed E-state index contributed by atoms with van der Waals surface area (Å²) in [5.74, 6) is 0.00230. The smallest absolute Gasteiger partial charge is 0.278 e. The van der Waals surface area contributed by atoms with Gasteiger partial charge in [-0.2, -0.15) is 4.52 Å². The number of carbonyl (C=O) groups excluding carboxylic acids is 1. The molecule has 8 heteroatoms. The minimum absolute atomic E-state index is 0.0215. The fourth-order valence-corrected chi connectivity index (χ4v) is 5.54. The highest BCUT2D eigenvalue weighted by molar-refractivity contribution is 7.20. The molecule has 162 valence electrons. The van der Waals surface area contributed by atoms with Crippen molar-refractivity contribution in [1.82, 2.24) is 19.9 Å². The first-order chi connectivity index (χ1) is 15.1. The predicted molar refractivity (Wildman–Crippen MR) is 122 cm³/mol. The number of fused-ring (bicyclic) bond motifs is 2. The third kappa shape index (κ3) is 3.96. The van der Waals surface area contributed by atoms with Gasteiger partial charge < -0.3 is 10.2 Å². The maximum absolute atomic E-state index is 12.9. The van der Waals surface area contributed by atoms with E-state index in [1.165, 1.54) is 21.4 Å². The molecule has 1 aliphatic carbocycles. The lowest BCUT2D eigenvalue weighted by atomic mass is 9.97. The molecule has 3 heterocycles. The molecule has 1 aromatic carbocycles. The number of anilines is 1. The van der Waals surface area contributed by atoms with Gasteiger partial charge in [-0.1, -0.05) is 35.6 Å². The second-order valence-corrected chi connectivity index (χ2v) is 9.49. The van der Waals surface area contributed by atoms with E-state index in [-0.39, 0.29) is 17.4 Å². The number of amides is 1. The molecule has 1 atom stereocenters. The van der Waals surface area contributed by atoms with Crippen molar-refractivity contribution in [2.75, 3.05) is 18.0 Å². The van der Waals surface area contributed by atoms with Crippen molar-refractivity contribution in [2.24, 2.45) is 5.92 Å². The molecule has 5 rings (SSSR count). The average Bonchev–Trinajstić information content (AvgIpc) is 3.23. The third-order valence-corrected chi connectivity index (χ3v) is 7.42. The molecule has 1 aliphatic heterocycles. The molecule has 0 radical (unpaired) electrons. The Hall–Kier alpha value is -2.74. The maximum atomic E-state index is 12.9. The number of aromatic nitrogens is 3. The van der Waals surface area contributed by atoms with Crippen LogP contribution in [0, 0.1) is 12.8 Å². The number of piperidine rings is 1. The number of nitrogens with zero attached hydrogens (tertiary/aromatic N) is 4. The van der Waals surface area contributed by atoms with E-state index >= 15 is 0 Å². The Morgan fingerprint density at radius 1 is 1.23 bits per heavy atom. The zero-order chi connectivity index (χ0) is 21.4. The lowest BCUT2D eigenvalue weighted by Gasteiger charge is -2.31. The van der Waals surface area contributed by atoms with E-state index in [1.807, 2.05) is 18.2 Å². The molecule has 0 bridgehead atoms. The monoisotopic (exact) mass is 437 g/mol. The minimum atomic E-state index is -0.0809. The van der Waals surface area contributed by atoms with Crippen LogP contribution in [0.15, 0.2) is 29.1 Å². The van der Waals surface area contributed by atoms with Crippen molar-refractivity contribution in [2.45, 2.75) is 52.0 Å². The topological polar surface area (TPSA) is 79.6 Å². The van der Waals surface area contributed by atoms with Crippen molar-refractivity contribution >= 4 is 27.3 Å². The first-order valence-electron chi connectivity index (χ1n) is 11.1. The van der Waals surface area contributed by atoms with Gasteiger partial charge in [0.1, 0.15) is 0 Å². The number of aryl methyl sites for hydroxylation is 2. The summed E-state index contributed by atoms with van der Waals surface area (Å²) >= 11 is 1.45. The summed E-state index contributed by atoms with van der Waals surface area (Å²) in [7, 11) is 0. The summed E-state index contributed by atoms with van der Waals surface area (Å²) in [6, 6.07) is 8.12. The zero-order valence-electron chi connectivity index (χ0n) is 17.8. The summed E-state index contributed by atoms with van der Waals surface area (Å²) in [6.07, 6.45) is 5.60. The van der Waals surface area contributed by atoms with Gasteiger partial charge in [0, 0.05) is 25.2 Å². The third-order valence-electron chi connectivity index (χ3n) is 6.45. The number of hydrogen-bond donors (Lipinski definition) is 1. The number of benzene rings is 1. The van der Waals surface area contributed by atoms with Gasteiger partial charge in [-0.25, -0.2) is 4.98 Å². The number of carbonyl (C=O) groups is 1. The largest absolute Gasteiger partial charge is 0.352 e. The second-order valence-electron chi connectivity index (χ2n) is 8.56. The fraction of sp³-hybridized carbons (Fsp3) is 0.478. The van der Waals surface area contributed by atoms with Gasteiger partial charge in [-0.05, 0) is 56.6 Å². The Morgan fingerprint density at radius 3 is 2.94 bits per heavy atom. The Morgan fingerprint density at radius 2 is 2.06 bits per heavy atom. The molecule has 1 saturated heterocycles. The summed E-state index contributed by atoms with van der Waals surface area (Å²) < 4.78 is 1.46. The molecular formula is C23H27N5O2S. The Kier molecular flexibility index (Phi) is 5.48. The molecule has 1 N–H and O–H groups in total. The van der Waals surface area contributed by atoms with Crippen LogP contribution < -0.4 is 15.8 Å². The van der Waals surface area contributed by atoms with Gasteiger partial charge >= 0.3 is 0 Å². The summed E-state index contributed by atoms with van der Waals surface area (Å²) in [5, 5.41) is 8.48. The van der Waals surface area contributed by atoms with Crippen LogP contribution in [0.1, 0.15) is 48.1 Å². The van der Waals surface area contributed by atoms with Gasteiger partial charge in [0.15, 0.2) is 0 Å². The lowest BCUT2D eigenvalue weighted by molar-refractivity contribution is -0.125. The first-order valence-corrected chi connectivity index (χ1v) is 11.9. The van der Waals surface area contributed by atoms with Crippen LogP contribution in [0.25, 0.3) is 4.96 Å². The van der Waals surface area contributed by atoms with Crippen molar-refractivity contribution < 1.29 is 4.79 Å². The van der Waals surface area contributed by atoms with Crippen LogP contribution in [0.5, 0.6) is 0 Å². The van der Waals surface area contributed by atoms with E-state index < -0.39 is 0 Å². The highest BCUT2D eigenvalue weighted by atomic mass is 32.1. The summed E-state index contributed by atoms with van der Waals surface area (Å²) in [5.41, 5.74) is 4.07. The normalized spacial score (nSPS) is 18.7. The standard InChI is InChI=1S/C23H27N5O2S/c1-15-7-2-3-8-16(15)13-24-20(29)17-9-6-12-27(14-17)23-26-28-21(30)18-10-4-5-11-19(18)25-22(28)31-23/h2-3,7-8,17H,4-6,9-14H2,1H3,(H,24,29). The Bertz CT molecular complexity index is 1180. The molecule has 1 fully saturated rings. The van der Waals surface area contributed by atoms with E-state index in [0.29, 0.717) is 18.1 Å². The van der Waals surface area contributed by atoms with Crippen LogP contribution in [0.3, 0.4) is 0 Å². The molecule has 2 aliphatic rings. The van der Waals surface area contributed by atoms with E-state index in [1.54, 1.807) is 0 Å². The highest BCUT2D eigenvalue weighted by Gasteiger charge is 2.28. The maximum Gasteiger partial charge on any atom is 0.278 e. The molecule has 1 amide bonds. The first kappa shape index (κ1) is 20.2. The fourth-order valence-electron chi connectivity index (χ4n) is 4.59. The molecule has 31 heavy (non-hydrogen) atoms. The van der Waals surface area contributed by atoms with Crippen molar-refractivity contribution in [3.63, 3.8) is 0 Å². The van der Waals surface area contributed by atoms with Gasteiger partial charge in [-0.3, -0.25) is 9.59 Å². The zero-order valence-corrected chi connectivity index (χ0v) is 18.6. The Labute approximate surface area is 185 Å². The molecule has 0 spiro atoms. The van der Waals surface area contributed by atoms with Gasteiger partial charge in [0.25, 0.3) is 5.56 Å². The predicted octanol–water partition coefficient (Wildman–Crippen LogP) is 2.87. The van der Waals surface area contributed by atoms with Crippen LogP contribution in [0.4, 0.5) is 5.13 Å². The van der Waals surface area contributed by atoms with Crippen LogP contribution in [-0.4, -0.2) is 33.6 Å². The Balaban J connectivity index is 1.31. The quantitative estimate of drug-likeness (QED) is 0.679. The van der Waals surface area contributed by atoms with Crippen molar-refractivity contribution in [1.29, 1.82) is 0 Å². The average molecular weight is 438 g/mol. The van der Waals surface area contributed by atoms with Gasteiger partial charge in [-0.15, -0.1) is 5.10 Å². The van der Waals surface area contributed by atoms with Crippen LogP contribution >= 0.6 is 11.3 Å². The van der Waals surface area contributed by atoms with Crippen LogP contribution in [0.2, 0.25) is 0 Å². The number of rotatable bonds is 4. The molecule has 1 unspecified atom stereocenters. The summed E-state index contributed by atoms with van der Waals surface area (Å²) in [4.78, 5) is 33.2. The van der Waals surface area contributed by atoms with Crippen molar-refractivity contribution in [3.8, 4) is 0 Å². The van der Waals surface area contributed by atoms with Crippen molar-refractivity contribution in [3.05, 3.63) is 57.0 Å². The van der Waals surface area contributed by atoms with E-state index in [9.17, 15) is 9.59 Å². The molecular weight excluding hydrogens is 410 g/mol. The highest BCUT2D eigenvalue weighted by Crippen LogP contribution is 2.28. The second kappa shape index (κ2) is 8.42. The van der Waals surface area contributed by atoms with E-state index in [4.69, 9.17) is 4.98 Å². The summed E-state index contributed by atoms with van der Waals surface area (Å²) in [6.45, 7) is 4.07. The molecule has 7 nitrogen and oxygen atoms in total. The molecule has 0 saturated carbocycles. The number of nitrogens with one attached hydrogen (secondary N) is 1. The van der Waals surface area contributed by atoms with E-state index in [2.05, 4.69) is 28.3 Å². The SMILES string of the molecule is Cc1ccccc1CNC(=O)C1CCCN(c2nn3c(=O)c4c(nc3s2)CCCC4)C1.